The molecule has 1 aromatic heterocycles. The molecule has 0 bridgehead atoms. The predicted molar refractivity (Wildman–Crippen MR) is 81.0 cm³/mol. The molecule has 0 saturated heterocycles. The average molecular weight is 272 g/mol. The minimum absolute atomic E-state index is 0.227. The molecular formula is C15H20N4O. The highest BCUT2D eigenvalue weighted by atomic mass is 16.5. The summed E-state index contributed by atoms with van der Waals surface area (Å²) in [6, 6.07) is 8.26. The van der Waals surface area contributed by atoms with Crippen LogP contribution in [0.1, 0.15) is 12.5 Å². The zero-order chi connectivity index (χ0) is 14.5. The number of rotatable bonds is 5. The normalized spacial score (nSPS) is 11.9. The Balaban J connectivity index is 2.16. The first-order chi connectivity index (χ1) is 9.63. The Hall–Kier alpha value is -2.30. The lowest BCUT2D eigenvalue weighted by Crippen LogP contribution is -2.32. The van der Waals surface area contributed by atoms with Crippen molar-refractivity contribution in [3.8, 4) is 5.75 Å². The molecule has 0 aliphatic carbocycles. The molecule has 0 aliphatic heterocycles. The molecule has 0 spiro atoms. The maximum absolute atomic E-state index is 5.87. The van der Waals surface area contributed by atoms with Gasteiger partial charge in [0.25, 0.3) is 0 Å². The van der Waals surface area contributed by atoms with Crippen molar-refractivity contribution in [2.24, 2.45) is 0 Å². The number of hydrogen-bond acceptors (Lipinski definition) is 5. The Labute approximate surface area is 119 Å². The second-order valence-electron chi connectivity index (χ2n) is 4.74. The molecule has 2 N–H and O–H groups in total. The van der Waals surface area contributed by atoms with E-state index in [4.69, 9.17) is 10.5 Å². The first kappa shape index (κ1) is 14.1. The maximum atomic E-state index is 5.87. The highest BCUT2D eigenvalue weighted by Gasteiger charge is 2.16. The van der Waals surface area contributed by atoms with Gasteiger partial charge in [0.05, 0.1) is 7.11 Å². The summed E-state index contributed by atoms with van der Waals surface area (Å²) < 4.78 is 5.38. The molecule has 0 amide bonds. The lowest BCUT2D eigenvalue weighted by atomic mass is 10.1. The summed E-state index contributed by atoms with van der Waals surface area (Å²) in [5, 5.41) is 0. The van der Waals surface area contributed by atoms with Crippen molar-refractivity contribution in [1.82, 2.24) is 9.97 Å². The summed E-state index contributed by atoms with van der Waals surface area (Å²) in [5.41, 5.74) is 7.03. The Morgan fingerprint density at radius 3 is 2.65 bits per heavy atom. The highest BCUT2D eigenvalue weighted by molar-refractivity contribution is 5.57. The standard InChI is InChI=1S/C15H20N4O/c1-11(10-12-6-4-5-7-13(12)20-3)19(2)15-14(16)17-8-9-18-15/h4-9,11H,10H2,1-3H3,(H2,16,17). The molecule has 1 aromatic carbocycles. The topological polar surface area (TPSA) is 64.3 Å². The summed E-state index contributed by atoms with van der Waals surface area (Å²) in [6.45, 7) is 2.13. The molecule has 0 fully saturated rings. The number of nitrogens with zero attached hydrogens (tertiary/aromatic N) is 3. The van der Waals surface area contributed by atoms with Crippen LogP contribution in [0.5, 0.6) is 5.75 Å². The van der Waals surface area contributed by atoms with E-state index in [0.717, 1.165) is 17.7 Å². The second kappa shape index (κ2) is 6.23. The summed E-state index contributed by atoms with van der Waals surface area (Å²) in [4.78, 5) is 10.4. The fourth-order valence-corrected chi connectivity index (χ4v) is 2.15. The second-order valence-corrected chi connectivity index (χ2v) is 4.74. The molecule has 0 aliphatic rings. The van der Waals surface area contributed by atoms with Gasteiger partial charge >= 0.3 is 0 Å². The average Bonchev–Trinajstić information content (AvgIpc) is 2.47. The van der Waals surface area contributed by atoms with Crippen LogP contribution in [0.15, 0.2) is 36.7 Å². The predicted octanol–water partition coefficient (Wildman–Crippen LogP) is 2.13. The van der Waals surface area contributed by atoms with E-state index in [2.05, 4.69) is 23.0 Å². The molecular weight excluding hydrogens is 252 g/mol. The summed E-state index contributed by atoms with van der Waals surface area (Å²) in [6.07, 6.45) is 4.09. The van der Waals surface area contributed by atoms with Gasteiger partial charge in [-0.15, -0.1) is 0 Å². The van der Waals surface area contributed by atoms with Crippen LogP contribution in [0.25, 0.3) is 0 Å². The van der Waals surface area contributed by atoms with Gasteiger partial charge in [0.1, 0.15) is 5.75 Å². The van der Waals surface area contributed by atoms with Crippen molar-refractivity contribution in [2.45, 2.75) is 19.4 Å². The van der Waals surface area contributed by atoms with Gasteiger partial charge in [0.2, 0.25) is 0 Å². The third-order valence-electron chi connectivity index (χ3n) is 3.41. The van der Waals surface area contributed by atoms with Crippen LogP contribution in [-0.4, -0.2) is 30.2 Å². The number of hydrogen-bond donors (Lipinski definition) is 1. The molecule has 0 saturated carbocycles. The van der Waals surface area contributed by atoms with Crippen molar-refractivity contribution in [2.75, 3.05) is 24.8 Å². The fourth-order valence-electron chi connectivity index (χ4n) is 2.15. The van der Waals surface area contributed by atoms with E-state index < -0.39 is 0 Å². The van der Waals surface area contributed by atoms with E-state index in [1.165, 1.54) is 0 Å². The molecule has 5 heteroatoms. The number of nitrogens with two attached hydrogens (primary N) is 1. The van der Waals surface area contributed by atoms with Gasteiger partial charge in [-0.3, -0.25) is 0 Å². The highest BCUT2D eigenvalue weighted by Crippen LogP contribution is 2.23. The molecule has 0 radical (unpaired) electrons. The molecule has 2 rings (SSSR count). The van der Waals surface area contributed by atoms with E-state index in [9.17, 15) is 0 Å². The zero-order valence-corrected chi connectivity index (χ0v) is 12.1. The lowest BCUT2D eigenvalue weighted by Gasteiger charge is -2.27. The van der Waals surface area contributed by atoms with Gasteiger partial charge in [0.15, 0.2) is 11.6 Å². The smallest absolute Gasteiger partial charge is 0.171 e. The SMILES string of the molecule is COc1ccccc1CC(C)N(C)c1nccnc1N. The van der Waals surface area contributed by atoms with Gasteiger partial charge in [-0.2, -0.15) is 0 Å². The Morgan fingerprint density at radius 1 is 1.25 bits per heavy atom. The molecule has 2 aromatic rings. The van der Waals surface area contributed by atoms with Crippen LogP contribution in [0.3, 0.4) is 0 Å². The zero-order valence-electron chi connectivity index (χ0n) is 12.1. The lowest BCUT2D eigenvalue weighted by molar-refractivity contribution is 0.408. The van der Waals surface area contributed by atoms with Crippen molar-refractivity contribution in [3.63, 3.8) is 0 Å². The first-order valence-electron chi connectivity index (χ1n) is 6.54. The first-order valence-corrected chi connectivity index (χ1v) is 6.54. The van der Waals surface area contributed by atoms with Crippen molar-refractivity contribution < 1.29 is 4.74 Å². The monoisotopic (exact) mass is 272 g/mol. The fraction of sp³-hybridized carbons (Fsp3) is 0.333. The van der Waals surface area contributed by atoms with Gasteiger partial charge in [-0.05, 0) is 25.0 Å². The van der Waals surface area contributed by atoms with E-state index in [1.54, 1.807) is 19.5 Å². The van der Waals surface area contributed by atoms with Crippen LogP contribution in [0.4, 0.5) is 11.6 Å². The molecule has 20 heavy (non-hydrogen) atoms. The third-order valence-corrected chi connectivity index (χ3v) is 3.41. The van der Waals surface area contributed by atoms with E-state index in [0.29, 0.717) is 11.6 Å². The van der Waals surface area contributed by atoms with Crippen LogP contribution >= 0.6 is 0 Å². The van der Waals surface area contributed by atoms with Gasteiger partial charge in [0, 0.05) is 25.5 Å². The number of anilines is 2. The van der Waals surface area contributed by atoms with Crippen molar-refractivity contribution in [1.29, 1.82) is 0 Å². The van der Waals surface area contributed by atoms with Crippen molar-refractivity contribution >= 4 is 11.6 Å². The number of nitrogen functional groups attached to an aromatic ring is 1. The maximum Gasteiger partial charge on any atom is 0.171 e. The van der Waals surface area contributed by atoms with E-state index in [-0.39, 0.29) is 6.04 Å². The van der Waals surface area contributed by atoms with Crippen molar-refractivity contribution in [3.05, 3.63) is 42.2 Å². The number of aromatic nitrogens is 2. The largest absolute Gasteiger partial charge is 0.496 e. The van der Waals surface area contributed by atoms with Crippen LogP contribution in [0.2, 0.25) is 0 Å². The number of ether oxygens (including phenoxy) is 1. The Kier molecular flexibility index (Phi) is 4.40. The molecule has 1 heterocycles. The van der Waals surface area contributed by atoms with Gasteiger partial charge < -0.3 is 15.4 Å². The summed E-state index contributed by atoms with van der Waals surface area (Å²) in [5.74, 6) is 2.05. The van der Waals surface area contributed by atoms with Crippen LogP contribution in [0, 0.1) is 0 Å². The Bertz CT molecular complexity index is 573. The van der Waals surface area contributed by atoms with Crippen LogP contribution in [-0.2, 0) is 6.42 Å². The van der Waals surface area contributed by atoms with E-state index in [1.807, 2.05) is 30.1 Å². The quantitative estimate of drug-likeness (QED) is 0.903. The number of likely N-dealkylation sites (N-methyl/N-ethyl adjacent to an activating group) is 1. The Morgan fingerprint density at radius 2 is 1.95 bits per heavy atom. The summed E-state index contributed by atoms with van der Waals surface area (Å²) in [7, 11) is 3.66. The van der Waals surface area contributed by atoms with Gasteiger partial charge in [-0.1, -0.05) is 18.2 Å². The number of para-hydroxylation sites is 1. The van der Waals surface area contributed by atoms with Gasteiger partial charge in [-0.25, -0.2) is 9.97 Å². The third kappa shape index (κ3) is 2.99. The number of benzene rings is 1. The minimum Gasteiger partial charge on any atom is -0.496 e. The molecule has 106 valence electrons. The molecule has 5 nitrogen and oxygen atoms in total. The molecule has 1 unspecified atom stereocenters. The molecule has 1 atom stereocenters. The summed E-state index contributed by atoms with van der Waals surface area (Å²) >= 11 is 0. The van der Waals surface area contributed by atoms with Crippen LogP contribution < -0.4 is 15.4 Å². The number of methoxy groups -OCH3 is 1. The minimum atomic E-state index is 0.227. The van der Waals surface area contributed by atoms with E-state index >= 15 is 0 Å².